The molecule has 0 saturated heterocycles. The summed E-state index contributed by atoms with van der Waals surface area (Å²) < 4.78 is 25.1. The van der Waals surface area contributed by atoms with Gasteiger partial charge in [0, 0.05) is 12.6 Å². The molecule has 1 amide bonds. The van der Waals surface area contributed by atoms with E-state index >= 15 is 0 Å². The van der Waals surface area contributed by atoms with Crippen LogP contribution in [0.4, 0.5) is 0 Å². The maximum absolute atomic E-state index is 11.8. The minimum Gasteiger partial charge on any atom is -0.480 e. The summed E-state index contributed by atoms with van der Waals surface area (Å²) in [7, 11) is -0.906. The van der Waals surface area contributed by atoms with E-state index in [1.54, 1.807) is 0 Å². The Morgan fingerprint density at radius 3 is 2.21 bits per heavy atom. The lowest BCUT2D eigenvalue weighted by Gasteiger charge is -2.14. The van der Waals surface area contributed by atoms with Crippen molar-refractivity contribution >= 4 is 21.9 Å². The third-order valence-corrected chi connectivity index (χ3v) is 3.83. The van der Waals surface area contributed by atoms with Crippen LogP contribution in [0.25, 0.3) is 0 Å². The van der Waals surface area contributed by atoms with E-state index in [-0.39, 0.29) is 10.5 Å². The predicted molar refractivity (Wildman–Crippen MR) is 67.3 cm³/mol. The average Bonchev–Trinajstić information content (AvgIpc) is 2.37. The molecule has 2 N–H and O–H groups in total. The van der Waals surface area contributed by atoms with Crippen LogP contribution in [0.2, 0.25) is 0 Å². The Kier molecular flexibility index (Phi) is 4.62. The van der Waals surface area contributed by atoms with Crippen LogP contribution in [0, 0.1) is 0 Å². The molecule has 0 atom stereocenters. The van der Waals surface area contributed by atoms with Crippen molar-refractivity contribution in [3.05, 3.63) is 29.8 Å². The van der Waals surface area contributed by atoms with Crippen molar-refractivity contribution in [2.75, 3.05) is 20.6 Å². The third kappa shape index (κ3) is 3.76. The van der Waals surface area contributed by atoms with Crippen LogP contribution in [0.5, 0.6) is 0 Å². The first-order valence-corrected chi connectivity index (χ1v) is 6.77. The van der Waals surface area contributed by atoms with Gasteiger partial charge >= 0.3 is 5.97 Å². The number of rotatable bonds is 5. The van der Waals surface area contributed by atoms with E-state index in [1.807, 2.05) is 0 Å². The number of carboxylic acid groups (broad SMARTS) is 1. The summed E-state index contributed by atoms with van der Waals surface area (Å²) in [5.41, 5.74) is 0.221. The van der Waals surface area contributed by atoms with E-state index < -0.39 is 28.4 Å². The Morgan fingerprint density at radius 2 is 1.79 bits per heavy atom. The van der Waals surface area contributed by atoms with Crippen molar-refractivity contribution in [2.45, 2.75) is 4.90 Å². The number of sulfonamides is 1. The maximum Gasteiger partial charge on any atom is 0.323 e. The predicted octanol–water partition coefficient (Wildman–Crippen LogP) is -0.249. The molecule has 0 spiro atoms. The van der Waals surface area contributed by atoms with Gasteiger partial charge in [-0.15, -0.1) is 0 Å². The van der Waals surface area contributed by atoms with Crippen molar-refractivity contribution < 1.29 is 23.1 Å². The normalized spacial score (nSPS) is 11.1. The molecule has 1 rings (SSSR count). The number of hydrogen-bond donors (Lipinski definition) is 2. The molecular formula is C11H14N2O5S. The van der Waals surface area contributed by atoms with Gasteiger partial charge in [0.15, 0.2) is 0 Å². The van der Waals surface area contributed by atoms with Crippen LogP contribution in [-0.2, 0) is 14.8 Å². The summed E-state index contributed by atoms with van der Waals surface area (Å²) in [5.74, 6) is -1.61. The van der Waals surface area contributed by atoms with Crippen LogP contribution in [0.15, 0.2) is 29.2 Å². The van der Waals surface area contributed by atoms with Gasteiger partial charge in [0.05, 0.1) is 4.90 Å². The lowest BCUT2D eigenvalue weighted by atomic mass is 10.2. The molecule has 0 aliphatic rings. The summed E-state index contributed by atoms with van der Waals surface area (Å²) >= 11 is 0. The molecule has 0 aliphatic heterocycles. The summed E-state index contributed by atoms with van der Waals surface area (Å²) in [6.45, 7) is -0.421. The molecule has 1 aromatic carbocycles. The Balaban J connectivity index is 2.94. The number of carbonyl (C=O) groups is 2. The zero-order chi connectivity index (χ0) is 14.6. The number of carbonyl (C=O) groups excluding carboxylic acids is 1. The molecule has 0 saturated carbocycles. The number of aliphatic carboxylic acids is 1. The second-order valence-electron chi connectivity index (χ2n) is 3.79. The summed E-state index contributed by atoms with van der Waals surface area (Å²) in [6.07, 6.45) is 0. The molecule has 0 unspecified atom stereocenters. The fraction of sp³-hybridized carbons (Fsp3) is 0.273. The summed E-state index contributed by atoms with van der Waals surface area (Å²) in [5, 5.41) is 8.58. The summed E-state index contributed by atoms with van der Waals surface area (Å²) in [6, 6.07) is 5.25. The van der Waals surface area contributed by atoms with Crippen LogP contribution in [-0.4, -0.2) is 50.9 Å². The first-order chi connectivity index (χ1) is 8.77. The Bertz CT molecular complexity index is 580. The SMILES string of the molecule is CNS(=O)(=O)c1ccc(C(=O)N(C)CC(=O)O)cc1. The van der Waals surface area contributed by atoms with Crippen LogP contribution in [0.1, 0.15) is 10.4 Å². The third-order valence-electron chi connectivity index (χ3n) is 2.40. The van der Waals surface area contributed by atoms with Crippen LogP contribution >= 0.6 is 0 Å². The van der Waals surface area contributed by atoms with E-state index in [0.717, 1.165) is 4.90 Å². The number of hydrogen-bond acceptors (Lipinski definition) is 4. The average molecular weight is 286 g/mol. The minimum absolute atomic E-state index is 0.0347. The molecule has 104 valence electrons. The smallest absolute Gasteiger partial charge is 0.323 e. The molecule has 7 nitrogen and oxygen atoms in total. The zero-order valence-electron chi connectivity index (χ0n) is 10.5. The van der Waals surface area contributed by atoms with E-state index in [9.17, 15) is 18.0 Å². The first-order valence-electron chi connectivity index (χ1n) is 5.29. The molecule has 8 heteroatoms. The van der Waals surface area contributed by atoms with Gasteiger partial charge in [-0.3, -0.25) is 9.59 Å². The highest BCUT2D eigenvalue weighted by Gasteiger charge is 2.16. The standard InChI is InChI=1S/C11H14N2O5S/c1-12-19(17,18)9-5-3-8(4-6-9)11(16)13(2)7-10(14)15/h3-6,12H,7H2,1-2H3,(H,14,15). The Morgan fingerprint density at radius 1 is 1.26 bits per heavy atom. The van der Waals surface area contributed by atoms with Gasteiger partial charge in [-0.1, -0.05) is 0 Å². The highest BCUT2D eigenvalue weighted by atomic mass is 32.2. The van der Waals surface area contributed by atoms with Crippen molar-refractivity contribution in [3.8, 4) is 0 Å². The van der Waals surface area contributed by atoms with Gasteiger partial charge in [0.2, 0.25) is 10.0 Å². The second-order valence-corrected chi connectivity index (χ2v) is 5.67. The lowest BCUT2D eigenvalue weighted by Crippen LogP contribution is -2.31. The van der Waals surface area contributed by atoms with Gasteiger partial charge in [0.25, 0.3) is 5.91 Å². The van der Waals surface area contributed by atoms with Crippen molar-refractivity contribution in [1.29, 1.82) is 0 Å². The Hall–Kier alpha value is -1.93. The van der Waals surface area contributed by atoms with Gasteiger partial charge < -0.3 is 10.0 Å². The van der Waals surface area contributed by atoms with Crippen molar-refractivity contribution in [3.63, 3.8) is 0 Å². The molecule has 0 aromatic heterocycles. The number of carboxylic acids is 1. The highest BCUT2D eigenvalue weighted by Crippen LogP contribution is 2.11. The van der Waals surface area contributed by atoms with Crippen LogP contribution in [0.3, 0.4) is 0 Å². The molecule has 1 aromatic rings. The van der Waals surface area contributed by atoms with E-state index in [4.69, 9.17) is 5.11 Å². The van der Waals surface area contributed by atoms with Gasteiger partial charge in [-0.2, -0.15) is 0 Å². The van der Waals surface area contributed by atoms with E-state index in [1.165, 1.54) is 38.4 Å². The molecule has 0 bridgehead atoms. The lowest BCUT2D eigenvalue weighted by molar-refractivity contribution is -0.137. The van der Waals surface area contributed by atoms with Gasteiger partial charge in [-0.05, 0) is 31.3 Å². The number of benzene rings is 1. The fourth-order valence-corrected chi connectivity index (χ4v) is 2.12. The minimum atomic E-state index is -3.55. The summed E-state index contributed by atoms with van der Waals surface area (Å²) in [4.78, 5) is 23.4. The second kappa shape index (κ2) is 5.81. The molecule has 19 heavy (non-hydrogen) atoms. The molecule has 0 radical (unpaired) electrons. The molecule has 0 fully saturated rings. The highest BCUT2D eigenvalue weighted by molar-refractivity contribution is 7.89. The van der Waals surface area contributed by atoms with E-state index in [0.29, 0.717) is 0 Å². The Labute approximate surface area is 110 Å². The number of nitrogens with zero attached hydrogens (tertiary/aromatic N) is 1. The molecule has 0 heterocycles. The van der Waals surface area contributed by atoms with Gasteiger partial charge in [-0.25, -0.2) is 13.1 Å². The zero-order valence-corrected chi connectivity index (χ0v) is 11.3. The maximum atomic E-state index is 11.8. The topological polar surface area (TPSA) is 104 Å². The van der Waals surface area contributed by atoms with Gasteiger partial charge in [0.1, 0.15) is 6.54 Å². The monoisotopic (exact) mass is 286 g/mol. The largest absolute Gasteiger partial charge is 0.480 e. The fourth-order valence-electron chi connectivity index (χ4n) is 1.39. The first kappa shape index (κ1) is 15.1. The van der Waals surface area contributed by atoms with Crippen LogP contribution < -0.4 is 4.72 Å². The number of amides is 1. The molecular weight excluding hydrogens is 272 g/mol. The number of likely N-dealkylation sites (N-methyl/N-ethyl adjacent to an activating group) is 1. The van der Waals surface area contributed by atoms with Crippen molar-refractivity contribution in [1.82, 2.24) is 9.62 Å². The van der Waals surface area contributed by atoms with E-state index in [2.05, 4.69) is 4.72 Å². The van der Waals surface area contributed by atoms with Crippen molar-refractivity contribution in [2.24, 2.45) is 0 Å². The number of nitrogens with one attached hydrogen (secondary N) is 1. The quantitative estimate of drug-likeness (QED) is 0.777. The molecule has 0 aliphatic carbocycles.